The van der Waals surface area contributed by atoms with E-state index in [1.807, 2.05) is 24.3 Å². The van der Waals surface area contributed by atoms with Gasteiger partial charge >= 0.3 is 0 Å². The lowest BCUT2D eigenvalue weighted by Crippen LogP contribution is -2.52. The second-order valence-corrected chi connectivity index (χ2v) is 6.62. The molecule has 2 amide bonds. The third-order valence-electron chi connectivity index (χ3n) is 4.89. The van der Waals surface area contributed by atoms with Gasteiger partial charge in [-0.15, -0.1) is 0 Å². The smallest absolute Gasteiger partial charge is 0.242 e. The van der Waals surface area contributed by atoms with E-state index < -0.39 is 5.82 Å². The first-order valence-electron chi connectivity index (χ1n) is 9.19. The van der Waals surface area contributed by atoms with Gasteiger partial charge in [-0.05, 0) is 36.4 Å². The summed E-state index contributed by atoms with van der Waals surface area (Å²) in [6, 6.07) is 13.8. The number of para-hydroxylation sites is 1. The van der Waals surface area contributed by atoms with E-state index in [9.17, 15) is 14.0 Å². The Morgan fingerprint density at radius 2 is 1.68 bits per heavy atom. The lowest BCUT2D eigenvalue weighted by Gasteiger charge is -2.37. The van der Waals surface area contributed by atoms with Crippen LogP contribution in [0, 0.1) is 5.82 Å². The fourth-order valence-electron chi connectivity index (χ4n) is 3.28. The van der Waals surface area contributed by atoms with Gasteiger partial charge in [0.1, 0.15) is 18.1 Å². The number of hydrogen-bond donors (Lipinski definition) is 0. The Morgan fingerprint density at radius 1 is 1.04 bits per heavy atom. The Hall–Kier alpha value is -3.09. The number of benzene rings is 2. The molecule has 1 saturated heterocycles. The zero-order valence-electron chi connectivity index (χ0n) is 16.1. The van der Waals surface area contributed by atoms with Crippen LogP contribution in [0.25, 0.3) is 0 Å². The highest BCUT2D eigenvalue weighted by Gasteiger charge is 2.25. The molecule has 7 heteroatoms. The van der Waals surface area contributed by atoms with E-state index >= 15 is 0 Å². The Bertz CT molecular complexity index is 833. The van der Waals surface area contributed by atoms with Crippen LogP contribution in [-0.2, 0) is 9.59 Å². The van der Waals surface area contributed by atoms with E-state index in [0.29, 0.717) is 26.2 Å². The average Bonchev–Trinajstić information content (AvgIpc) is 2.72. The average molecular weight is 385 g/mol. The Labute approximate surface area is 164 Å². The molecule has 0 spiro atoms. The first kappa shape index (κ1) is 19.7. The Kier molecular flexibility index (Phi) is 6.13. The van der Waals surface area contributed by atoms with Gasteiger partial charge < -0.3 is 19.4 Å². The molecule has 6 nitrogen and oxygen atoms in total. The summed E-state index contributed by atoms with van der Waals surface area (Å²) < 4.78 is 19.2. The van der Waals surface area contributed by atoms with Crippen molar-refractivity contribution in [3.05, 3.63) is 54.3 Å². The van der Waals surface area contributed by atoms with E-state index in [0.717, 1.165) is 11.4 Å². The Balaban J connectivity index is 1.61. The zero-order valence-corrected chi connectivity index (χ0v) is 16.1. The van der Waals surface area contributed by atoms with Gasteiger partial charge in [0, 0.05) is 38.8 Å². The number of methoxy groups -OCH3 is 1. The minimum Gasteiger partial charge on any atom is -0.497 e. The number of nitrogens with zero attached hydrogens (tertiary/aromatic N) is 3. The van der Waals surface area contributed by atoms with Crippen molar-refractivity contribution in [2.24, 2.45) is 0 Å². The van der Waals surface area contributed by atoms with Crippen LogP contribution in [0.5, 0.6) is 5.75 Å². The van der Waals surface area contributed by atoms with Gasteiger partial charge in [-0.2, -0.15) is 0 Å². The number of ether oxygens (including phenoxy) is 1. The van der Waals surface area contributed by atoms with Crippen molar-refractivity contribution < 1.29 is 18.7 Å². The van der Waals surface area contributed by atoms with Crippen molar-refractivity contribution in [2.75, 3.05) is 49.6 Å². The van der Waals surface area contributed by atoms with E-state index in [1.165, 1.54) is 24.0 Å². The highest BCUT2D eigenvalue weighted by Crippen LogP contribution is 2.22. The molecule has 148 valence electrons. The van der Waals surface area contributed by atoms with Crippen LogP contribution in [-0.4, -0.2) is 56.5 Å². The zero-order chi connectivity index (χ0) is 20.1. The molecule has 1 heterocycles. The summed E-state index contributed by atoms with van der Waals surface area (Å²) in [4.78, 5) is 29.8. The summed E-state index contributed by atoms with van der Waals surface area (Å²) in [6.07, 6.45) is 0. The van der Waals surface area contributed by atoms with Crippen LogP contribution >= 0.6 is 0 Å². The molecule has 0 atom stereocenters. The molecule has 0 saturated carbocycles. The minimum absolute atomic E-state index is 0.125. The van der Waals surface area contributed by atoms with Gasteiger partial charge in [-0.1, -0.05) is 12.1 Å². The van der Waals surface area contributed by atoms with Crippen molar-refractivity contribution in [3.8, 4) is 5.75 Å². The molecular formula is C21H24FN3O3. The number of amides is 2. The molecule has 0 unspecified atom stereocenters. The van der Waals surface area contributed by atoms with Crippen LogP contribution in [0.1, 0.15) is 6.92 Å². The molecule has 1 aliphatic heterocycles. The van der Waals surface area contributed by atoms with E-state index in [-0.39, 0.29) is 24.0 Å². The minimum atomic E-state index is -0.519. The second kappa shape index (κ2) is 8.73. The van der Waals surface area contributed by atoms with Crippen LogP contribution in [0.3, 0.4) is 0 Å². The van der Waals surface area contributed by atoms with Gasteiger partial charge in [-0.3, -0.25) is 9.59 Å². The van der Waals surface area contributed by atoms with Crippen molar-refractivity contribution in [2.45, 2.75) is 6.92 Å². The lowest BCUT2D eigenvalue weighted by atomic mass is 10.2. The van der Waals surface area contributed by atoms with E-state index in [2.05, 4.69) is 4.90 Å². The summed E-state index contributed by atoms with van der Waals surface area (Å²) in [5.74, 6) is -0.270. The molecule has 0 N–H and O–H groups in total. The van der Waals surface area contributed by atoms with E-state index in [1.54, 1.807) is 24.1 Å². The molecule has 28 heavy (non-hydrogen) atoms. The number of rotatable bonds is 5. The lowest BCUT2D eigenvalue weighted by molar-refractivity contribution is -0.131. The largest absolute Gasteiger partial charge is 0.497 e. The molecular weight excluding hydrogens is 361 g/mol. The fourth-order valence-corrected chi connectivity index (χ4v) is 3.28. The van der Waals surface area contributed by atoms with E-state index in [4.69, 9.17) is 4.74 Å². The molecule has 0 bridgehead atoms. The topological polar surface area (TPSA) is 53.1 Å². The van der Waals surface area contributed by atoms with Crippen LogP contribution < -0.4 is 14.5 Å². The number of carbonyl (C=O) groups is 2. The van der Waals surface area contributed by atoms with Crippen molar-refractivity contribution >= 4 is 23.2 Å². The summed E-state index contributed by atoms with van der Waals surface area (Å²) in [6.45, 7) is 3.65. The number of halogens is 1. The number of hydrogen-bond acceptors (Lipinski definition) is 4. The highest BCUT2D eigenvalue weighted by atomic mass is 19.1. The third kappa shape index (κ3) is 4.42. The predicted octanol–water partition coefficient (Wildman–Crippen LogP) is 2.54. The fraction of sp³-hybridized carbons (Fsp3) is 0.333. The number of piperazine rings is 1. The first-order chi connectivity index (χ1) is 13.5. The molecule has 2 aromatic rings. The number of anilines is 2. The molecule has 0 aliphatic carbocycles. The summed E-state index contributed by atoms with van der Waals surface area (Å²) in [5.41, 5.74) is 1.20. The molecule has 1 aliphatic rings. The summed E-state index contributed by atoms with van der Waals surface area (Å²) >= 11 is 0. The van der Waals surface area contributed by atoms with Crippen molar-refractivity contribution in [1.29, 1.82) is 0 Å². The van der Waals surface area contributed by atoms with Gasteiger partial charge in [-0.25, -0.2) is 4.39 Å². The van der Waals surface area contributed by atoms with Crippen LogP contribution in [0.2, 0.25) is 0 Å². The SMILES string of the molecule is COc1ccc(N2CCN(C(=O)CN(C(C)=O)c3ccccc3F)CC2)cc1. The van der Waals surface area contributed by atoms with Gasteiger partial charge in [0.25, 0.3) is 0 Å². The highest BCUT2D eigenvalue weighted by molar-refractivity contribution is 5.97. The standard InChI is InChI=1S/C21H24FN3O3/c1-16(26)25(20-6-4-3-5-19(20)22)15-21(27)24-13-11-23(12-14-24)17-7-9-18(28-2)10-8-17/h3-10H,11-15H2,1-2H3. The molecule has 0 radical (unpaired) electrons. The van der Waals surface area contributed by atoms with Crippen molar-refractivity contribution in [3.63, 3.8) is 0 Å². The maximum absolute atomic E-state index is 14.1. The van der Waals surface area contributed by atoms with Crippen molar-refractivity contribution in [1.82, 2.24) is 4.90 Å². The molecule has 1 fully saturated rings. The maximum atomic E-state index is 14.1. The van der Waals surface area contributed by atoms with Gasteiger partial charge in [0.15, 0.2) is 0 Å². The van der Waals surface area contributed by atoms with Crippen LogP contribution in [0.4, 0.5) is 15.8 Å². The van der Waals surface area contributed by atoms with Gasteiger partial charge in [0.05, 0.1) is 12.8 Å². The molecule has 0 aromatic heterocycles. The second-order valence-electron chi connectivity index (χ2n) is 6.62. The third-order valence-corrected chi connectivity index (χ3v) is 4.89. The predicted molar refractivity (Wildman–Crippen MR) is 106 cm³/mol. The molecule has 3 rings (SSSR count). The molecule has 2 aromatic carbocycles. The quantitative estimate of drug-likeness (QED) is 0.794. The summed E-state index contributed by atoms with van der Waals surface area (Å²) in [5, 5.41) is 0. The number of carbonyl (C=O) groups excluding carboxylic acids is 2. The monoisotopic (exact) mass is 385 g/mol. The normalized spacial score (nSPS) is 14.0. The summed E-state index contributed by atoms with van der Waals surface area (Å²) in [7, 11) is 1.63. The van der Waals surface area contributed by atoms with Gasteiger partial charge in [0.2, 0.25) is 11.8 Å². The van der Waals surface area contributed by atoms with Crippen LogP contribution in [0.15, 0.2) is 48.5 Å². The first-order valence-corrected chi connectivity index (χ1v) is 9.19. The Morgan fingerprint density at radius 3 is 2.25 bits per heavy atom. The maximum Gasteiger partial charge on any atom is 0.242 e.